The van der Waals surface area contributed by atoms with Crippen molar-refractivity contribution in [1.82, 2.24) is 9.97 Å². The summed E-state index contributed by atoms with van der Waals surface area (Å²) in [6.07, 6.45) is 8.57. The van der Waals surface area contributed by atoms with Crippen LogP contribution in [0.5, 0.6) is 5.75 Å². The predicted molar refractivity (Wildman–Crippen MR) is 103 cm³/mol. The predicted octanol–water partition coefficient (Wildman–Crippen LogP) is 4.84. The number of ether oxygens (including phenoxy) is 1. The Bertz CT molecular complexity index is 742. The fraction of sp³-hybridized carbons (Fsp3) is 0.400. The van der Waals surface area contributed by atoms with Gasteiger partial charge in [0.05, 0.1) is 7.11 Å². The molecule has 5 heteroatoms. The SMILES string of the molecule is COc1cccc(Nc2cc(C)nc(NCCC3=CCCCC3)n2)c1. The second-order valence-electron chi connectivity index (χ2n) is 6.36. The maximum atomic E-state index is 5.26. The molecule has 0 saturated heterocycles. The van der Waals surface area contributed by atoms with Crippen LogP contribution in [0.1, 0.15) is 37.8 Å². The van der Waals surface area contributed by atoms with Crippen molar-refractivity contribution in [2.45, 2.75) is 39.0 Å². The molecule has 2 aromatic rings. The van der Waals surface area contributed by atoms with Crippen molar-refractivity contribution in [2.24, 2.45) is 0 Å². The Kier molecular flexibility index (Phi) is 5.88. The van der Waals surface area contributed by atoms with Crippen LogP contribution in [0.25, 0.3) is 0 Å². The molecule has 1 aliphatic carbocycles. The number of hydrogen-bond donors (Lipinski definition) is 2. The highest BCUT2D eigenvalue weighted by Crippen LogP contribution is 2.22. The van der Waals surface area contributed by atoms with Crippen molar-refractivity contribution in [3.63, 3.8) is 0 Å². The zero-order valence-electron chi connectivity index (χ0n) is 15.0. The fourth-order valence-electron chi connectivity index (χ4n) is 3.03. The second kappa shape index (κ2) is 8.51. The van der Waals surface area contributed by atoms with Gasteiger partial charge in [-0.1, -0.05) is 17.7 Å². The van der Waals surface area contributed by atoms with Gasteiger partial charge >= 0.3 is 0 Å². The first-order valence-corrected chi connectivity index (χ1v) is 8.91. The van der Waals surface area contributed by atoms with E-state index in [1.807, 2.05) is 37.3 Å². The summed E-state index contributed by atoms with van der Waals surface area (Å²) in [5.74, 6) is 2.26. The number of nitrogens with zero attached hydrogens (tertiary/aromatic N) is 2. The molecule has 0 unspecified atom stereocenters. The van der Waals surface area contributed by atoms with Crippen molar-refractivity contribution >= 4 is 17.5 Å². The lowest BCUT2D eigenvalue weighted by molar-refractivity contribution is 0.415. The Morgan fingerprint density at radius 1 is 1.16 bits per heavy atom. The molecule has 2 N–H and O–H groups in total. The topological polar surface area (TPSA) is 59.1 Å². The van der Waals surface area contributed by atoms with Crippen LogP contribution in [0, 0.1) is 6.92 Å². The number of aryl methyl sites for hydroxylation is 1. The molecule has 0 bridgehead atoms. The first-order chi connectivity index (χ1) is 12.2. The third-order valence-electron chi connectivity index (χ3n) is 4.31. The lowest BCUT2D eigenvalue weighted by Crippen LogP contribution is -2.09. The Balaban J connectivity index is 1.62. The van der Waals surface area contributed by atoms with Gasteiger partial charge in [0, 0.05) is 30.1 Å². The van der Waals surface area contributed by atoms with Crippen LogP contribution < -0.4 is 15.4 Å². The van der Waals surface area contributed by atoms with Crippen LogP contribution in [0.4, 0.5) is 17.5 Å². The molecule has 1 aromatic carbocycles. The lowest BCUT2D eigenvalue weighted by Gasteiger charge is -2.14. The van der Waals surface area contributed by atoms with E-state index >= 15 is 0 Å². The Morgan fingerprint density at radius 2 is 2.08 bits per heavy atom. The third-order valence-corrected chi connectivity index (χ3v) is 4.31. The summed E-state index contributed by atoms with van der Waals surface area (Å²) in [6.45, 7) is 2.85. The number of benzene rings is 1. The maximum absolute atomic E-state index is 5.26. The van der Waals surface area contributed by atoms with Crippen LogP contribution >= 0.6 is 0 Å². The van der Waals surface area contributed by atoms with Gasteiger partial charge in [-0.15, -0.1) is 0 Å². The molecule has 0 spiro atoms. The maximum Gasteiger partial charge on any atom is 0.224 e. The zero-order valence-corrected chi connectivity index (χ0v) is 15.0. The summed E-state index contributed by atoms with van der Waals surface area (Å²) < 4.78 is 5.26. The Morgan fingerprint density at radius 3 is 2.88 bits per heavy atom. The smallest absolute Gasteiger partial charge is 0.224 e. The standard InChI is InChI=1S/C20H26N4O/c1-15-13-19(23-17-9-6-10-18(14-17)25-2)24-20(22-15)21-12-11-16-7-4-3-5-8-16/h6-7,9-10,13-14H,3-5,8,11-12H2,1-2H3,(H2,21,22,23,24). The molecule has 0 saturated carbocycles. The normalized spacial score (nSPS) is 13.9. The number of anilines is 3. The second-order valence-corrected chi connectivity index (χ2v) is 6.36. The number of rotatable bonds is 7. The molecule has 0 aliphatic heterocycles. The van der Waals surface area contributed by atoms with Gasteiger partial charge in [-0.05, 0) is 51.2 Å². The van der Waals surface area contributed by atoms with Crippen molar-refractivity contribution in [2.75, 3.05) is 24.3 Å². The van der Waals surface area contributed by atoms with Gasteiger partial charge in [-0.2, -0.15) is 4.98 Å². The van der Waals surface area contributed by atoms with Crippen LogP contribution in [0.3, 0.4) is 0 Å². The van der Waals surface area contributed by atoms with Crippen molar-refractivity contribution in [3.05, 3.63) is 47.7 Å². The van der Waals surface area contributed by atoms with Crippen molar-refractivity contribution in [1.29, 1.82) is 0 Å². The average Bonchev–Trinajstić information content (AvgIpc) is 2.62. The van der Waals surface area contributed by atoms with E-state index in [2.05, 4.69) is 26.7 Å². The third kappa shape index (κ3) is 5.21. The molecule has 1 aromatic heterocycles. The monoisotopic (exact) mass is 338 g/mol. The van der Waals surface area contributed by atoms with Gasteiger partial charge in [0.2, 0.25) is 5.95 Å². The summed E-state index contributed by atoms with van der Waals surface area (Å²) in [7, 11) is 1.66. The summed E-state index contributed by atoms with van der Waals surface area (Å²) in [4.78, 5) is 9.06. The largest absolute Gasteiger partial charge is 0.497 e. The average molecular weight is 338 g/mol. The highest BCUT2D eigenvalue weighted by Gasteiger charge is 2.06. The molecule has 0 atom stereocenters. The molecular formula is C20H26N4O. The number of hydrogen-bond acceptors (Lipinski definition) is 5. The molecule has 5 nitrogen and oxygen atoms in total. The molecule has 1 heterocycles. The summed E-state index contributed by atoms with van der Waals surface area (Å²) in [5, 5.41) is 6.67. The molecular weight excluding hydrogens is 312 g/mol. The van der Waals surface area contributed by atoms with E-state index in [1.165, 1.54) is 25.7 Å². The Labute approximate surface area is 149 Å². The minimum absolute atomic E-state index is 0.668. The Hall–Kier alpha value is -2.56. The van der Waals surface area contributed by atoms with Gasteiger partial charge in [0.15, 0.2) is 0 Å². The summed E-state index contributed by atoms with van der Waals surface area (Å²) >= 11 is 0. The molecule has 3 rings (SSSR count). The van der Waals surface area contributed by atoms with Gasteiger partial charge in [-0.3, -0.25) is 0 Å². The van der Waals surface area contributed by atoms with E-state index in [-0.39, 0.29) is 0 Å². The number of nitrogens with one attached hydrogen (secondary N) is 2. The van der Waals surface area contributed by atoms with Crippen LogP contribution in [0.2, 0.25) is 0 Å². The van der Waals surface area contributed by atoms with Gasteiger partial charge < -0.3 is 15.4 Å². The zero-order chi connectivity index (χ0) is 17.5. The van der Waals surface area contributed by atoms with Gasteiger partial charge in [-0.25, -0.2) is 4.98 Å². The van der Waals surface area contributed by atoms with E-state index in [9.17, 15) is 0 Å². The number of aromatic nitrogens is 2. The van der Waals surface area contributed by atoms with Gasteiger partial charge in [0.1, 0.15) is 11.6 Å². The fourth-order valence-corrected chi connectivity index (χ4v) is 3.03. The minimum atomic E-state index is 0.668. The number of allylic oxidation sites excluding steroid dienone is 1. The highest BCUT2D eigenvalue weighted by atomic mass is 16.5. The first kappa shape index (κ1) is 17.3. The van der Waals surface area contributed by atoms with Crippen LogP contribution in [-0.2, 0) is 0 Å². The first-order valence-electron chi connectivity index (χ1n) is 8.91. The summed E-state index contributed by atoms with van der Waals surface area (Å²) in [5.41, 5.74) is 3.43. The minimum Gasteiger partial charge on any atom is -0.497 e. The van der Waals surface area contributed by atoms with E-state index in [4.69, 9.17) is 4.74 Å². The molecule has 0 amide bonds. The van der Waals surface area contributed by atoms with Crippen molar-refractivity contribution < 1.29 is 4.74 Å². The van der Waals surface area contributed by atoms with E-state index < -0.39 is 0 Å². The molecule has 132 valence electrons. The summed E-state index contributed by atoms with van der Waals surface area (Å²) in [6, 6.07) is 9.74. The quantitative estimate of drug-likeness (QED) is 0.707. The van der Waals surface area contributed by atoms with Crippen molar-refractivity contribution in [3.8, 4) is 5.75 Å². The molecule has 0 fully saturated rings. The molecule has 1 aliphatic rings. The van der Waals surface area contributed by atoms with Gasteiger partial charge in [0.25, 0.3) is 0 Å². The molecule has 0 radical (unpaired) electrons. The number of methoxy groups -OCH3 is 1. The van der Waals surface area contributed by atoms with E-state index in [1.54, 1.807) is 12.7 Å². The highest BCUT2D eigenvalue weighted by molar-refractivity contribution is 5.59. The van der Waals surface area contributed by atoms with E-state index in [0.29, 0.717) is 5.95 Å². The van der Waals surface area contributed by atoms with E-state index in [0.717, 1.165) is 35.9 Å². The van der Waals surface area contributed by atoms with Crippen LogP contribution in [-0.4, -0.2) is 23.6 Å². The molecule has 25 heavy (non-hydrogen) atoms. The van der Waals surface area contributed by atoms with Crippen LogP contribution in [0.15, 0.2) is 42.0 Å². The lowest BCUT2D eigenvalue weighted by atomic mass is 9.97.